The van der Waals surface area contributed by atoms with Crippen molar-refractivity contribution >= 4 is 5.91 Å². The zero-order valence-electron chi connectivity index (χ0n) is 9.77. The van der Waals surface area contributed by atoms with Crippen molar-refractivity contribution in [2.45, 2.75) is 32.8 Å². The van der Waals surface area contributed by atoms with Crippen LogP contribution in [0.15, 0.2) is 0 Å². The zero-order valence-corrected chi connectivity index (χ0v) is 9.77. The second-order valence-corrected chi connectivity index (χ2v) is 3.56. The van der Waals surface area contributed by atoms with Crippen LogP contribution in [-0.2, 0) is 9.53 Å². The van der Waals surface area contributed by atoms with Crippen molar-refractivity contribution in [3.63, 3.8) is 0 Å². The lowest BCUT2D eigenvalue weighted by atomic mass is 10.3. The molecule has 0 unspecified atom stereocenters. The third kappa shape index (κ3) is 6.80. The molecule has 0 fully saturated rings. The molecule has 0 saturated carbocycles. The van der Waals surface area contributed by atoms with Gasteiger partial charge in [0.25, 0.3) is 0 Å². The van der Waals surface area contributed by atoms with Gasteiger partial charge in [-0.25, -0.2) is 0 Å². The van der Waals surface area contributed by atoms with Crippen molar-refractivity contribution in [3.8, 4) is 12.1 Å². The highest BCUT2D eigenvalue weighted by molar-refractivity contribution is 5.77. The molecule has 0 heterocycles. The Labute approximate surface area is 96.2 Å². The molecular weight excluding hydrogens is 206 g/mol. The van der Waals surface area contributed by atoms with E-state index in [0.717, 1.165) is 0 Å². The molecule has 0 aromatic heterocycles. The molecule has 5 nitrogen and oxygen atoms in total. The summed E-state index contributed by atoms with van der Waals surface area (Å²) >= 11 is 0. The third-order valence-electron chi connectivity index (χ3n) is 1.88. The molecule has 0 saturated heterocycles. The first-order chi connectivity index (χ1) is 7.61. The molecule has 0 aliphatic carbocycles. The van der Waals surface area contributed by atoms with Gasteiger partial charge in [-0.3, -0.25) is 4.79 Å². The van der Waals surface area contributed by atoms with E-state index in [9.17, 15) is 4.79 Å². The molecule has 1 amide bonds. The molecule has 0 bridgehead atoms. The summed E-state index contributed by atoms with van der Waals surface area (Å²) in [5.74, 6) is -0.167. The number of hydrogen-bond donors (Lipinski definition) is 0. The summed E-state index contributed by atoms with van der Waals surface area (Å²) in [4.78, 5) is 13.1. The predicted molar refractivity (Wildman–Crippen MR) is 58.1 cm³/mol. The molecule has 0 aliphatic heterocycles. The first-order valence-electron chi connectivity index (χ1n) is 5.25. The number of hydrogen-bond acceptors (Lipinski definition) is 4. The number of nitriles is 2. The van der Waals surface area contributed by atoms with Gasteiger partial charge in [-0.2, -0.15) is 10.5 Å². The van der Waals surface area contributed by atoms with Crippen LogP contribution in [-0.4, -0.2) is 36.6 Å². The van der Waals surface area contributed by atoms with Crippen molar-refractivity contribution in [1.82, 2.24) is 4.90 Å². The molecule has 0 N–H and O–H groups in total. The Balaban J connectivity index is 4.11. The van der Waals surface area contributed by atoms with E-state index in [1.165, 1.54) is 4.90 Å². The molecule has 0 atom stereocenters. The zero-order chi connectivity index (χ0) is 12.4. The van der Waals surface area contributed by atoms with E-state index in [1.807, 2.05) is 26.0 Å². The molecule has 0 rings (SSSR count). The van der Waals surface area contributed by atoms with Gasteiger partial charge < -0.3 is 9.64 Å². The summed E-state index contributed by atoms with van der Waals surface area (Å²) in [6.45, 7) is 4.43. The molecule has 0 aromatic carbocycles. The van der Waals surface area contributed by atoms with Gasteiger partial charge in [-0.1, -0.05) is 0 Å². The van der Waals surface area contributed by atoms with E-state index >= 15 is 0 Å². The van der Waals surface area contributed by atoms with Gasteiger partial charge in [0.1, 0.15) is 6.61 Å². The predicted octanol–water partition coefficient (Wildman–Crippen LogP) is 1.07. The average molecular weight is 223 g/mol. The lowest BCUT2D eigenvalue weighted by Gasteiger charge is -2.20. The molecule has 0 aliphatic rings. The topological polar surface area (TPSA) is 77.1 Å². The second-order valence-electron chi connectivity index (χ2n) is 3.56. The van der Waals surface area contributed by atoms with Gasteiger partial charge in [-0.15, -0.1) is 0 Å². The van der Waals surface area contributed by atoms with Crippen LogP contribution >= 0.6 is 0 Å². The quantitative estimate of drug-likeness (QED) is 0.646. The van der Waals surface area contributed by atoms with Crippen LogP contribution in [0.3, 0.4) is 0 Å². The maximum Gasteiger partial charge on any atom is 0.248 e. The van der Waals surface area contributed by atoms with Crippen molar-refractivity contribution in [3.05, 3.63) is 0 Å². The van der Waals surface area contributed by atoms with Gasteiger partial charge >= 0.3 is 0 Å². The van der Waals surface area contributed by atoms with Crippen LogP contribution in [0.4, 0.5) is 0 Å². The largest absolute Gasteiger partial charge is 0.369 e. The summed E-state index contributed by atoms with van der Waals surface area (Å²) < 4.78 is 5.19. The summed E-state index contributed by atoms with van der Waals surface area (Å²) in [6.07, 6.45) is 0.551. The standard InChI is InChI=1S/C11H17N3O2/c1-10(2)16-9-11(15)14(7-3-5-12)8-4-6-13/h10H,3-4,7-9H2,1-2H3. The Hall–Kier alpha value is -1.59. The Morgan fingerprint density at radius 2 is 1.75 bits per heavy atom. The van der Waals surface area contributed by atoms with Crippen LogP contribution in [0.1, 0.15) is 26.7 Å². The Kier molecular flexibility index (Phi) is 7.83. The molecule has 0 aromatic rings. The fraction of sp³-hybridized carbons (Fsp3) is 0.727. The van der Waals surface area contributed by atoms with Crippen LogP contribution in [0.2, 0.25) is 0 Å². The van der Waals surface area contributed by atoms with E-state index < -0.39 is 0 Å². The van der Waals surface area contributed by atoms with Crippen LogP contribution in [0.5, 0.6) is 0 Å². The van der Waals surface area contributed by atoms with E-state index in [2.05, 4.69) is 0 Å². The summed E-state index contributed by atoms with van der Waals surface area (Å²) in [5, 5.41) is 16.9. The minimum Gasteiger partial charge on any atom is -0.369 e. The van der Waals surface area contributed by atoms with Gasteiger partial charge in [0.05, 0.1) is 31.1 Å². The van der Waals surface area contributed by atoms with E-state index in [1.54, 1.807) is 0 Å². The van der Waals surface area contributed by atoms with Gasteiger partial charge in [0.2, 0.25) is 5.91 Å². The first-order valence-corrected chi connectivity index (χ1v) is 5.25. The molecule has 0 radical (unpaired) electrons. The number of carbonyl (C=O) groups excluding carboxylic acids is 1. The number of nitrogens with zero attached hydrogens (tertiary/aromatic N) is 3. The van der Waals surface area contributed by atoms with Crippen LogP contribution in [0.25, 0.3) is 0 Å². The van der Waals surface area contributed by atoms with E-state index in [-0.39, 0.29) is 31.5 Å². The van der Waals surface area contributed by atoms with Gasteiger partial charge in [0, 0.05) is 13.1 Å². The third-order valence-corrected chi connectivity index (χ3v) is 1.88. The highest BCUT2D eigenvalue weighted by Crippen LogP contribution is 1.97. The molecule has 88 valence electrons. The average Bonchev–Trinajstić information content (AvgIpc) is 2.26. The van der Waals surface area contributed by atoms with Crippen molar-refractivity contribution in [1.29, 1.82) is 10.5 Å². The fourth-order valence-electron chi connectivity index (χ4n) is 1.06. The normalized spacial score (nSPS) is 9.56. The maximum atomic E-state index is 11.6. The SMILES string of the molecule is CC(C)OCC(=O)N(CCC#N)CCC#N. The monoisotopic (exact) mass is 223 g/mol. The van der Waals surface area contributed by atoms with Crippen LogP contribution in [0, 0.1) is 22.7 Å². The fourth-order valence-corrected chi connectivity index (χ4v) is 1.06. The van der Waals surface area contributed by atoms with Gasteiger partial charge in [-0.05, 0) is 13.8 Å². The number of ether oxygens (including phenoxy) is 1. The number of rotatable bonds is 7. The number of amides is 1. The highest BCUT2D eigenvalue weighted by Gasteiger charge is 2.13. The summed E-state index contributed by atoms with van der Waals surface area (Å²) in [6, 6.07) is 3.95. The van der Waals surface area contributed by atoms with Crippen molar-refractivity contribution in [2.24, 2.45) is 0 Å². The molecule has 5 heteroatoms. The minimum atomic E-state index is -0.167. The lowest BCUT2D eigenvalue weighted by molar-refractivity contribution is -0.137. The summed E-state index contributed by atoms with van der Waals surface area (Å²) in [7, 11) is 0. The van der Waals surface area contributed by atoms with Crippen molar-refractivity contribution in [2.75, 3.05) is 19.7 Å². The Morgan fingerprint density at radius 3 is 2.12 bits per heavy atom. The molecule has 16 heavy (non-hydrogen) atoms. The van der Waals surface area contributed by atoms with E-state index in [0.29, 0.717) is 13.1 Å². The molecule has 0 spiro atoms. The summed E-state index contributed by atoms with van der Waals surface area (Å²) in [5.41, 5.74) is 0. The van der Waals surface area contributed by atoms with Crippen LogP contribution < -0.4 is 0 Å². The minimum absolute atomic E-state index is 0.00210. The van der Waals surface area contributed by atoms with Crippen molar-refractivity contribution < 1.29 is 9.53 Å². The Morgan fingerprint density at radius 1 is 1.25 bits per heavy atom. The number of carbonyl (C=O) groups is 1. The lowest BCUT2D eigenvalue weighted by Crippen LogP contribution is -2.36. The maximum absolute atomic E-state index is 11.6. The molecular formula is C11H17N3O2. The second kappa shape index (κ2) is 8.70. The smallest absolute Gasteiger partial charge is 0.248 e. The Bertz CT molecular complexity index is 271. The highest BCUT2D eigenvalue weighted by atomic mass is 16.5. The van der Waals surface area contributed by atoms with Gasteiger partial charge in [0.15, 0.2) is 0 Å². The van der Waals surface area contributed by atoms with E-state index in [4.69, 9.17) is 15.3 Å². The first kappa shape index (κ1) is 14.4.